The highest BCUT2D eigenvalue weighted by Crippen LogP contribution is 1.98. The van der Waals surface area contributed by atoms with Crippen LogP contribution in [0.2, 0.25) is 0 Å². The fraction of sp³-hybridized carbons (Fsp3) is 0.833. The van der Waals surface area contributed by atoms with Gasteiger partial charge in [0.15, 0.2) is 0 Å². The summed E-state index contributed by atoms with van der Waals surface area (Å²) < 4.78 is 4.82. The Bertz CT molecular complexity index is 234. The smallest absolute Gasteiger partial charge is 0.303 e. The molecule has 6 nitrogen and oxygen atoms in total. The van der Waals surface area contributed by atoms with Crippen LogP contribution in [0, 0.1) is 0 Å². The minimum atomic E-state index is -0.740. The van der Waals surface area contributed by atoms with Crippen LogP contribution >= 0.6 is 0 Å². The third kappa shape index (κ3) is 12.9. The van der Waals surface area contributed by atoms with Crippen molar-refractivity contribution in [2.75, 3.05) is 33.4 Å². The number of aliphatic carboxylic acids is 1. The van der Waals surface area contributed by atoms with E-state index in [1.165, 1.54) is 0 Å². The molecule has 0 radical (unpaired) electrons. The molecule has 0 saturated carbocycles. The molecule has 18 heavy (non-hydrogen) atoms. The van der Waals surface area contributed by atoms with Crippen molar-refractivity contribution in [3.8, 4) is 0 Å². The molecule has 0 fully saturated rings. The lowest BCUT2D eigenvalue weighted by Crippen LogP contribution is -2.30. The molecule has 1 amide bonds. The van der Waals surface area contributed by atoms with Crippen LogP contribution in [0.3, 0.4) is 0 Å². The molecule has 0 saturated heterocycles. The first-order valence-corrected chi connectivity index (χ1v) is 6.35. The third-order valence-electron chi connectivity index (χ3n) is 2.40. The van der Waals surface area contributed by atoms with Crippen LogP contribution < -0.4 is 10.6 Å². The fourth-order valence-corrected chi connectivity index (χ4v) is 1.41. The first kappa shape index (κ1) is 16.9. The highest BCUT2D eigenvalue weighted by molar-refractivity contribution is 5.76. The molecule has 6 heteroatoms. The summed E-state index contributed by atoms with van der Waals surface area (Å²) in [6, 6.07) is 0. The number of ether oxygens (including phenoxy) is 1. The van der Waals surface area contributed by atoms with E-state index in [1.54, 1.807) is 7.11 Å². The predicted molar refractivity (Wildman–Crippen MR) is 68.5 cm³/mol. The SMILES string of the molecule is COCCNC(=O)CCNCCCCCC(=O)O. The van der Waals surface area contributed by atoms with Crippen molar-refractivity contribution in [3.63, 3.8) is 0 Å². The number of carbonyl (C=O) groups excluding carboxylic acids is 1. The van der Waals surface area contributed by atoms with Crippen molar-refractivity contribution >= 4 is 11.9 Å². The maximum atomic E-state index is 11.3. The molecule has 0 spiro atoms. The average Bonchev–Trinajstić information content (AvgIpc) is 2.32. The molecule has 0 aromatic carbocycles. The fourth-order valence-electron chi connectivity index (χ4n) is 1.41. The van der Waals surface area contributed by atoms with Crippen LogP contribution in [0.25, 0.3) is 0 Å². The summed E-state index contributed by atoms with van der Waals surface area (Å²) in [4.78, 5) is 21.5. The second-order valence-electron chi connectivity index (χ2n) is 4.05. The summed E-state index contributed by atoms with van der Waals surface area (Å²) in [6.07, 6.45) is 3.26. The van der Waals surface area contributed by atoms with Gasteiger partial charge in [-0.15, -0.1) is 0 Å². The molecular weight excluding hydrogens is 236 g/mol. The number of hydrogen-bond acceptors (Lipinski definition) is 4. The Balaban J connectivity index is 3.15. The summed E-state index contributed by atoms with van der Waals surface area (Å²) in [7, 11) is 1.60. The summed E-state index contributed by atoms with van der Waals surface area (Å²) in [5, 5.41) is 14.3. The lowest BCUT2D eigenvalue weighted by atomic mass is 10.2. The first-order chi connectivity index (χ1) is 8.66. The molecule has 0 aliphatic heterocycles. The van der Waals surface area contributed by atoms with Gasteiger partial charge in [-0.3, -0.25) is 9.59 Å². The number of carbonyl (C=O) groups is 2. The molecule has 0 aliphatic rings. The number of hydrogen-bond donors (Lipinski definition) is 3. The lowest BCUT2D eigenvalue weighted by Gasteiger charge is -2.05. The van der Waals surface area contributed by atoms with Crippen LogP contribution in [-0.4, -0.2) is 50.3 Å². The number of nitrogens with one attached hydrogen (secondary N) is 2. The monoisotopic (exact) mass is 260 g/mol. The number of amides is 1. The van der Waals surface area contributed by atoms with Crippen LogP contribution in [0.1, 0.15) is 32.1 Å². The number of carboxylic acids is 1. The molecule has 3 N–H and O–H groups in total. The largest absolute Gasteiger partial charge is 0.481 e. The van der Waals surface area contributed by atoms with E-state index in [-0.39, 0.29) is 12.3 Å². The van der Waals surface area contributed by atoms with Gasteiger partial charge in [0.1, 0.15) is 0 Å². The van der Waals surface area contributed by atoms with E-state index < -0.39 is 5.97 Å². The Hall–Kier alpha value is -1.14. The van der Waals surface area contributed by atoms with Gasteiger partial charge in [-0.1, -0.05) is 6.42 Å². The average molecular weight is 260 g/mol. The van der Waals surface area contributed by atoms with Gasteiger partial charge in [-0.2, -0.15) is 0 Å². The van der Waals surface area contributed by atoms with E-state index in [0.29, 0.717) is 32.5 Å². The van der Waals surface area contributed by atoms with Crippen LogP contribution in [0.4, 0.5) is 0 Å². The highest BCUT2D eigenvalue weighted by Gasteiger charge is 1.99. The first-order valence-electron chi connectivity index (χ1n) is 6.35. The zero-order valence-corrected chi connectivity index (χ0v) is 11.0. The third-order valence-corrected chi connectivity index (χ3v) is 2.40. The van der Waals surface area contributed by atoms with Gasteiger partial charge in [-0.25, -0.2) is 0 Å². The minimum Gasteiger partial charge on any atom is -0.481 e. The van der Waals surface area contributed by atoms with Gasteiger partial charge in [0.2, 0.25) is 5.91 Å². The van der Waals surface area contributed by atoms with Crippen molar-refractivity contribution in [2.24, 2.45) is 0 Å². The molecule has 0 aliphatic carbocycles. The molecule has 0 aromatic rings. The standard InChI is InChI=1S/C12H24N2O4/c1-18-10-9-14-11(15)6-8-13-7-4-2-3-5-12(16)17/h13H,2-10H2,1H3,(H,14,15)(H,16,17). The van der Waals surface area contributed by atoms with Crippen molar-refractivity contribution in [1.29, 1.82) is 0 Å². The van der Waals surface area contributed by atoms with Crippen molar-refractivity contribution < 1.29 is 19.4 Å². The van der Waals surface area contributed by atoms with Crippen molar-refractivity contribution in [1.82, 2.24) is 10.6 Å². The summed E-state index contributed by atoms with van der Waals surface area (Å²) in [6.45, 7) is 2.55. The molecule has 0 bridgehead atoms. The quantitative estimate of drug-likeness (QED) is 0.441. The van der Waals surface area contributed by atoms with E-state index in [2.05, 4.69) is 10.6 Å². The topological polar surface area (TPSA) is 87.7 Å². The van der Waals surface area contributed by atoms with Gasteiger partial charge in [0.25, 0.3) is 0 Å². The zero-order chi connectivity index (χ0) is 13.6. The molecule has 106 valence electrons. The Kier molecular flexibility index (Phi) is 11.5. The maximum Gasteiger partial charge on any atom is 0.303 e. The molecule has 0 unspecified atom stereocenters. The van der Waals surface area contributed by atoms with Gasteiger partial charge in [0, 0.05) is 33.0 Å². The summed E-state index contributed by atoms with van der Waals surface area (Å²) >= 11 is 0. The van der Waals surface area contributed by atoms with Crippen LogP contribution in [-0.2, 0) is 14.3 Å². The Morgan fingerprint density at radius 3 is 2.50 bits per heavy atom. The highest BCUT2D eigenvalue weighted by atomic mass is 16.5. The molecule has 0 aromatic heterocycles. The van der Waals surface area contributed by atoms with Gasteiger partial charge in [0.05, 0.1) is 6.61 Å². The minimum absolute atomic E-state index is 0.0189. The Labute approximate surface area is 108 Å². The Morgan fingerprint density at radius 2 is 1.83 bits per heavy atom. The molecule has 0 rings (SSSR count). The van der Waals surface area contributed by atoms with Gasteiger partial charge in [-0.05, 0) is 19.4 Å². The normalized spacial score (nSPS) is 10.3. The van der Waals surface area contributed by atoms with Gasteiger partial charge < -0.3 is 20.5 Å². The van der Waals surface area contributed by atoms with E-state index in [9.17, 15) is 9.59 Å². The van der Waals surface area contributed by atoms with Crippen LogP contribution in [0.5, 0.6) is 0 Å². The van der Waals surface area contributed by atoms with Crippen molar-refractivity contribution in [2.45, 2.75) is 32.1 Å². The summed E-state index contributed by atoms with van der Waals surface area (Å²) in [5.74, 6) is -0.721. The van der Waals surface area contributed by atoms with E-state index in [0.717, 1.165) is 19.4 Å². The zero-order valence-electron chi connectivity index (χ0n) is 11.0. The molecule has 0 atom stereocenters. The van der Waals surface area contributed by atoms with E-state index in [1.807, 2.05) is 0 Å². The summed E-state index contributed by atoms with van der Waals surface area (Å²) in [5.41, 5.74) is 0. The van der Waals surface area contributed by atoms with E-state index >= 15 is 0 Å². The predicted octanol–water partition coefficient (Wildman–Crippen LogP) is 0.374. The number of carboxylic acid groups (broad SMARTS) is 1. The number of unbranched alkanes of at least 4 members (excludes halogenated alkanes) is 2. The Morgan fingerprint density at radius 1 is 1.06 bits per heavy atom. The van der Waals surface area contributed by atoms with Gasteiger partial charge >= 0.3 is 5.97 Å². The number of methoxy groups -OCH3 is 1. The molecule has 0 heterocycles. The second-order valence-corrected chi connectivity index (χ2v) is 4.05. The molecular formula is C12H24N2O4. The van der Waals surface area contributed by atoms with Crippen molar-refractivity contribution in [3.05, 3.63) is 0 Å². The number of rotatable bonds is 12. The van der Waals surface area contributed by atoms with E-state index in [4.69, 9.17) is 9.84 Å². The second kappa shape index (κ2) is 12.3. The van der Waals surface area contributed by atoms with Crippen LogP contribution in [0.15, 0.2) is 0 Å². The maximum absolute atomic E-state index is 11.3. The lowest BCUT2D eigenvalue weighted by molar-refractivity contribution is -0.137.